The van der Waals surface area contributed by atoms with Crippen molar-refractivity contribution in [1.29, 1.82) is 0 Å². The van der Waals surface area contributed by atoms with Crippen LogP contribution in [0.25, 0.3) is 0 Å². The van der Waals surface area contributed by atoms with E-state index in [1.807, 2.05) is 20.8 Å². The predicted molar refractivity (Wildman–Crippen MR) is 76.8 cm³/mol. The van der Waals surface area contributed by atoms with Gasteiger partial charge in [0, 0.05) is 18.3 Å². The Morgan fingerprint density at radius 3 is 1.55 bits per heavy atom. The zero-order chi connectivity index (χ0) is 15.4. The molecule has 0 aliphatic heterocycles. The van der Waals surface area contributed by atoms with E-state index in [0.29, 0.717) is 52.5 Å². The topological polar surface area (TPSA) is 61.8 Å². The molecule has 0 aromatic rings. The van der Waals surface area contributed by atoms with E-state index in [9.17, 15) is 9.59 Å². The number of rotatable bonds is 12. The maximum Gasteiger partial charge on any atom is 0.140 e. The third-order valence-corrected chi connectivity index (χ3v) is 2.65. The minimum atomic E-state index is -0.295. The van der Waals surface area contributed by atoms with E-state index >= 15 is 0 Å². The third-order valence-electron chi connectivity index (χ3n) is 2.65. The highest BCUT2D eigenvalue weighted by Crippen LogP contribution is 2.16. The van der Waals surface area contributed by atoms with E-state index in [4.69, 9.17) is 14.2 Å². The molecule has 0 amide bonds. The number of hydrogen-bond acceptors (Lipinski definition) is 5. The van der Waals surface area contributed by atoms with E-state index in [2.05, 4.69) is 0 Å². The molecule has 0 aliphatic rings. The van der Waals surface area contributed by atoms with Gasteiger partial charge in [0.2, 0.25) is 0 Å². The minimum Gasteiger partial charge on any atom is -0.379 e. The van der Waals surface area contributed by atoms with Crippen LogP contribution < -0.4 is 0 Å². The van der Waals surface area contributed by atoms with Gasteiger partial charge in [-0.1, -0.05) is 20.8 Å². The Labute approximate surface area is 122 Å². The molecule has 5 heteroatoms. The molecule has 0 rings (SSSR count). The summed E-state index contributed by atoms with van der Waals surface area (Å²) in [7, 11) is 0. The van der Waals surface area contributed by atoms with Gasteiger partial charge in [-0.05, 0) is 6.92 Å². The smallest absolute Gasteiger partial charge is 0.140 e. The van der Waals surface area contributed by atoms with E-state index in [0.717, 1.165) is 0 Å². The zero-order valence-corrected chi connectivity index (χ0v) is 13.2. The van der Waals surface area contributed by atoms with Gasteiger partial charge < -0.3 is 14.2 Å². The molecule has 0 unspecified atom stereocenters. The molecule has 0 saturated heterocycles. The monoisotopic (exact) mass is 288 g/mol. The molecule has 20 heavy (non-hydrogen) atoms. The average Bonchev–Trinajstić information content (AvgIpc) is 2.34. The zero-order valence-electron chi connectivity index (χ0n) is 13.2. The fourth-order valence-electron chi connectivity index (χ4n) is 1.30. The van der Waals surface area contributed by atoms with Crippen LogP contribution in [0.1, 0.15) is 40.5 Å². The van der Waals surface area contributed by atoms with Gasteiger partial charge in [-0.3, -0.25) is 9.59 Å². The molecule has 0 N–H and O–H groups in total. The van der Waals surface area contributed by atoms with Crippen LogP contribution in [0.5, 0.6) is 0 Å². The molecule has 0 spiro atoms. The molecule has 0 fully saturated rings. The Hall–Kier alpha value is -0.780. The maximum absolute atomic E-state index is 11.6. The highest BCUT2D eigenvalue weighted by molar-refractivity contribution is 5.83. The van der Waals surface area contributed by atoms with Crippen LogP contribution in [-0.4, -0.2) is 51.2 Å². The Kier molecular flexibility index (Phi) is 10.5. The summed E-state index contributed by atoms with van der Waals surface area (Å²) >= 11 is 0. The van der Waals surface area contributed by atoms with Gasteiger partial charge in [0.1, 0.15) is 11.6 Å². The Bertz CT molecular complexity index is 280. The van der Waals surface area contributed by atoms with Crippen molar-refractivity contribution in [3.63, 3.8) is 0 Å². The summed E-state index contributed by atoms with van der Waals surface area (Å²) in [5.74, 6) is 0.335. The lowest BCUT2D eigenvalue weighted by Crippen LogP contribution is -2.21. The summed E-state index contributed by atoms with van der Waals surface area (Å²) in [4.78, 5) is 22.2. The molecule has 0 bridgehead atoms. The molecule has 0 atom stereocenters. The lowest BCUT2D eigenvalue weighted by molar-refractivity contribution is -0.127. The molecule has 0 aliphatic carbocycles. The van der Waals surface area contributed by atoms with E-state index in [1.165, 1.54) is 0 Å². The van der Waals surface area contributed by atoms with Gasteiger partial charge in [0.15, 0.2) is 0 Å². The van der Waals surface area contributed by atoms with Gasteiger partial charge in [-0.15, -0.1) is 0 Å². The van der Waals surface area contributed by atoms with Crippen LogP contribution in [0.2, 0.25) is 0 Å². The number of carbonyl (C=O) groups is 2. The predicted octanol–water partition coefficient (Wildman–Crippen LogP) is 2.02. The number of ether oxygens (including phenoxy) is 3. The van der Waals surface area contributed by atoms with Crippen LogP contribution in [0.15, 0.2) is 0 Å². The second-order valence-corrected chi connectivity index (χ2v) is 5.71. The van der Waals surface area contributed by atoms with Gasteiger partial charge in [-0.2, -0.15) is 0 Å². The fourth-order valence-corrected chi connectivity index (χ4v) is 1.30. The van der Waals surface area contributed by atoms with Crippen molar-refractivity contribution in [1.82, 2.24) is 0 Å². The van der Waals surface area contributed by atoms with Crippen LogP contribution in [0.3, 0.4) is 0 Å². The lowest BCUT2D eigenvalue weighted by Gasteiger charge is -2.16. The summed E-state index contributed by atoms with van der Waals surface area (Å²) < 4.78 is 15.8. The Morgan fingerprint density at radius 1 is 0.750 bits per heavy atom. The number of hydrogen-bond donors (Lipinski definition) is 0. The first-order valence-corrected chi connectivity index (χ1v) is 7.10. The van der Waals surface area contributed by atoms with Crippen LogP contribution >= 0.6 is 0 Å². The first kappa shape index (κ1) is 19.2. The third kappa shape index (κ3) is 12.3. The number of ketones is 2. The van der Waals surface area contributed by atoms with Crippen molar-refractivity contribution in [2.75, 3.05) is 39.6 Å². The molecule has 118 valence electrons. The fraction of sp³-hybridized carbons (Fsp3) is 0.867. The van der Waals surface area contributed by atoms with Gasteiger partial charge in [0.25, 0.3) is 0 Å². The first-order chi connectivity index (χ1) is 9.34. The summed E-state index contributed by atoms with van der Waals surface area (Å²) in [5, 5.41) is 0. The van der Waals surface area contributed by atoms with Crippen molar-refractivity contribution in [3.8, 4) is 0 Å². The average molecular weight is 288 g/mol. The Morgan fingerprint density at radius 2 is 1.15 bits per heavy atom. The molecule has 0 radical (unpaired) electrons. The summed E-state index contributed by atoms with van der Waals surface area (Å²) in [6, 6.07) is 0. The van der Waals surface area contributed by atoms with Gasteiger partial charge in [0.05, 0.1) is 39.6 Å². The largest absolute Gasteiger partial charge is 0.379 e. The minimum absolute atomic E-state index is 0.129. The van der Waals surface area contributed by atoms with Crippen LogP contribution in [0, 0.1) is 5.41 Å². The molecule has 0 heterocycles. The van der Waals surface area contributed by atoms with Crippen LogP contribution in [0.4, 0.5) is 0 Å². The normalized spacial score (nSPS) is 11.6. The molecule has 5 nitrogen and oxygen atoms in total. The standard InChI is InChI=1S/C15H28O5/c1-13(16)5-7-18-9-11-20-12-10-19-8-6-14(17)15(2,3)4/h5-12H2,1-4H3. The van der Waals surface area contributed by atoms with Gasteiger partial charge >= 0.3 is 0 Å². The van der Waals surface area contributed by atoms with Crippen molar-refractivity contribution in [3.05, 3.63) is 0 Å². The van der Waals surface area contributed by atoms with E-state index < -0.39 is 0 Å². The highest BCUT2D eigenvalue weighted by atomic mass is 16.5. The molecule has 0 aromatic carbocycles. The number of carbonyl (C=O) groups excluding carboxylic acids is 2. The van der Waals surface area contributed by atoms with Crippen molar-refractivity contribution < 1.29 is 23.8 Å². The second-order valence-electron chi connectivity index (χ2n) is 5.71. The lowest BCUT2D eigenvalue weighted by atomic mass is 9.89. The summed E-state index contributed by atoms with van der Waals surface area (Å²) in [5.41, 5.74) is -0.295. The van der Waals surface area contributed by atoms with Crippen molar-refractivity contribution >= 4 is 11.6 Å². The van der Waals surface area contributed by atoms with Crippen molar-refractivity contribution in [2.24, 2.45) is 5.41 Å². The summed E-state index contributed by atoms with van der Waals surface area (Å²) in [6.45, 7) is 10.1. The molecular formula is C15H28O5. The Balaban J connectivity index is 3.21. The van der Waals surface area contributed by atoms with E-state index in [-0.39, 0.29) is 17.0 Å². The first-order valence-electron chi connectivity index (χ1n) is 7.10. The molecular weight excluding hydrogens is 260 g/mol. The van der Waals surface area contributed by atoms with Gasteiger partial charge in [-0.25, -0.2) is 0 Å². The van der Waals surface area contributed by atoms with Crippen molar-refractivity contribution in [2.45, 2.75) is 40.5 Å². The summed E-state index contributed by atoms with van der Waals surface area (Å²) in [6.07, 6.45) is 0.891. The maximum atomic E-state index is 11.6. The SMILES string of the molecule is CC(=O)CCOCCOCCOCCC(=O)C(C)(C)C. The molecule has 0 saturated carbocycles. The molecule has 0 aromatic heterocycles. The van der Waals surface area contributed by atoms with Crippen LogP contribution in [-0.2, 0) is 23.8 Å². The number of Topliss-reactive ketones (excluding diaryl/α,β-unsaturated/α-hetero) is 2. The second kappa shape index (κ2) is 10.9. The van der Waals surface area contributed by atoms with E-state index in [1.54, 1.807) is 6.92 Å². The quantitative estimate of drug-likeness (QED) is 0.514. The highest BCUT2D eigenvalue weighted by Gasteiger charge is 2.20.